The van der Waals surface area contributed by atoms with Crippen molar-refractivity contribution in [1.82, 2.24) is 0 Å². The maximum Gasteiger partial charge on any atom is 2.00 e. The summed E-state index contributed by atoms with van der Waals surface area (Å²) in [4.78, 5) is 22.9. The van der Waals surface area contributed by atoms with Crippen LogP contribution in [-0.2, 0) is 10.0 Å². The molecule has 0 aliphatic rings. The fourth-order valence-corrected chi connectivity index (χ4v) is 0. The number of phosphoric acid groups is 1. The summed E-state index contributed by atoms with van der Waals surface area (Å²) in [6.45, 7) is 0. The maximum atomic E-state index is 8.77. The SMILES string of the molecule is O=P([O-])(O)O.[Ca+2].[Na+].[O-2]. The second-order valence-electron chi connectivity index (χ2n) is 0.491. The largest absolute Gasteiger partial charge is 2.00 e. The molecule has 8 heteroatoms. The van der Waals surface area contributed by atoms with E-state index < -0.39 is 7.82 Å². The molecule has 0 aromatic carbocycles. The van der Waals surface area contributed by atoms with Crippen LogP contribution in [0, 0.1) is 0 Å². The Hall–Kier alpha value is 2.33. The summed E-state index contributed by atoms with van der Waals surface area (Å²) in [7, 11) is -4.89. The maximum absolute atomic E-state index is 8.77. The van der Waals surface area contributed by atoms with Crippen molar-refractivity contribution >= 4 is 45.6 Å². The average molecular weight is 176 g/mol. The van der Waals surface area contributed by atoms with Crippen LogP contribution >= 0.6 is 7.82 Å². The van der Waals surface area contributed by atoms with Crippen molar-refractivity contribution in [2.75, 3.05) is 0 Å². The van der Waals surface area contributed by atoms with Crippen molar-refractivity contribution in [3.05, 3.63) is 0 Å². The van der Waals surface area contributed by atoms with Gasteiger partial charge in [0.2, 0.25) is 0 Å². The van der Waals surface area contributed by atoms with Gasteiger partial charge in [-0.3, -0.25) is 4.57 Å². The quantitative estimate of drug-likeness (QED) is 0.284. The molecule has 8 heavy (non-hydrogen) atoms. The van der Waals surface area contributed by atoms with Gasteiger partial charge >= 0.3 is 67.3 Å². The van der Waals surface area contributed by atoms with Crippen LogP contribution in [0.5, 0.6) is 0 Å². The fourth-order valence-electron chi connectivity index (χ4n) is 0. The van der Waals surface area contributed by atoms with Crippen LogP contribution in [-0.4, -0.2) is 47.5 Å². The molecule has 0 saturated carbocycles. The van der Waals surface area contributed by atoms with E-state index in [-0.39, 0.29) is 72.8 Å². The monoisotopic (exact) mass is 176 g/mol. The third-order valence-electron chi connectivity index (χ3n) is 0. The van der Waals surface area contributed by atoms with E-state index in [1.54, 1.807) is 0 Å². The van der Waals surface area contributed by atoms with Gasteiger partial charge in [-0.1, -0.05) is 0 Å². The molecule has 0 aliphatic carbocycles. The zero-order valence-electron chi connectivity index (χ0n) is 4.27. The van der Waals surface area contributed by atoms with Gasteiger partial charge in [-0.15, -0.1) is 0 Å². The normalized spacial score (nSPS) is 7.38. The molecule has 0 spiro atoms. The molecule has 5 nitrogen and oxygen atoms in total. The second-order valence-corrected chi connectivity index (χ2v) is 1.47. The Morgan fingerprint density at radius 1 is 1.38 bits per heavy atom. The molecule has 0 heterocycles. The van der Waals surface area contributed by atoms with Gasteiger partial charge in [0, 0.05) is 0 Å². The standard InChI is InChI=1S/Ca.Na.H3O4P.O/c;;1-5(2,3)4;/h;;(H3,1,2,3,4);/q+2;+1;;-2/p-1. The molecular formula is H2CaNaO5P. The van der Waals surface area contributed by atoms with Gasteiger partial charge in [0.05, 0.1) is 0 Å². The van der Waals surface area contributed by atoms with Crippen molar-refractivity contribution in [2.45, 2.75) is 0 Å². The van der Waals surface area contributed by atoms with Crippen molar-refractivity contribution in [2.24, 2.45) is 0 Å². The first-order chi connectivity index (χ1) is 2.00. The van der Waals surface area contributed by atoms with Gasteiger partial charge in [-0.2, -0.15) is 0 Å². The summed E-state index contributed by atoms with van der Waals surface area (Å²) < 4.78 is 8.77. The Labute approximate surface area is 98.3 Å². The molecule has 0 saturated heterocycles. The van der Waals surface area contributed by atoms with E-state index in [2.05, 4.69) is 0 Å². The van der Waals surface area contributed by atoms with E-state index in [1.807, 2.05) is 0 Å². The molecule has 0 amide bonds. The molecule has 0 aromatic heterocycles. The summed E-state index contributed by atoms with van der Waals surface area (Å²) in [5.74, 6) is 0. The van der Waals surface area contributed by atoms with E-state index in [9.17, 15) is 0 Å². The molecule has 0 aromatic rings. The van der Waals surface area contributed by atoms with E-state index in [1.165, 1.54) is 0 Å². The Morgan fingerprint density at radius 3 is 1.38 bits per heavy atom. The fraction of sp³-hybridized carbons (Fsp3) is 0. The zero-order valence-corrected chi connectivity index (χ0v) is 9.38. The minimum absolute atomic E-state index is 0. The van der Waals surface area contributed by atoms with E-state index in [0.717, 1.165) is 0 Å². The van der Waals surface area contributed by atoms with Crippen LogP contribution < -0.4 is 34.5 Å². The molecule has 0 fully saturated rings. The van der Waals surface area contributed by atoms with E-state index in [4.69, 9.17) is 19.2 Å². The number of hydrogen-bond donors (Lipinski definition) is 2. The third-order valence-corrected chi connectivity index (χ3v) is 0. The summed E-state index contributed by atoms with van der Waals surface area (Å²) in [6.07, 6.45) is 0. The molecular weight excluding hydrogens is 174 g/mol. The van der Waals surface area contributed by atoms with Gasteiger partial charge in [0.1, 0.15) is 0 Å². The van der Waals surface area contributed by atoms with Crippen molar-refractivity contribution in [1.29, 1.82) is 0 Å². The molecule has 0 unspecified atom stereocenters. The Bertz CT molecular complexity index is 58.6. The Morgan fingerprint density at radius 2 is 1.38 bits per heavy atom. The van der Waals surface area contributed by atoms with Gasteiger partial charge in [-0.05, 0) is 0 Å². The van der Waals surface area contributed by atoms with Crippen LogP contribution in [0.2, 0.25) is 0 Å². The summed E-state index contributed by atoms with van der Waals surface area (Å²) >= 11 is 0. The number of rotatable bonds is 0. The van der Waals surface area contributed by atoms with Gasteiger partial charge in [0.25, 0.3) is 7.82 Å². The number of hydrogen-bond acceptors (Lipinski definition) is 2. The molecule has 2 N–H and O–H groups in total. The molecule has 0 bridgehead atoms. The van der Waals surface area contributed by atoms with Crippen molar-refractivity contribution in [3.8, 4) is 0 Å². The second kappa shape index (κ2) is 9.33. The van der Waals surface area contributed by atoms with E-state index >= 15 is 0 Å². The molecule has 0 atom stereocenters. The van der Waals surface area contributed by atoms with Crippen molar-refractivity contribution < 1.29 is 54.3 Å². The van der Waals surface area contributed by atoms with Crippen LogP contribution in [0.25, 0.3) is 0 Å². The smallest absolute Gasteiger partial charge is 2.00 e. The predicted octanol–water partition coefficient (Wildman–Crippen LogP) is -5.06. The topological polar surface area (TPSA) is 109 Å². The van der Waals surface area contributed by atoms with Crippen LogP contribution in [0.3, 0.4) is 0 Å². The van der Waals surface area contributed by atoms with Gasteiger partial charge in [-0.25, -0.2) is 0 Å². The predicted molar refractivity (Wildman–Crippen MR) is 18.5 cm³/mol. The first-order valence-electron chi connectivity index (χ1n) is 0.765. The van der Waals surface area contributed by atoms with Crippen LogP contribution in [0.15, 0.2) is 0 Å². The van der Waals surface area contributed by atoms with Gasteiger partial charge < -0.3 is 20.2 Å². The summed E-state index contributed by atoms with van der Waals surface area (Å²) in [5, 5.41) is 0. The summed E-state index contributed by atoms with van der Waals surface area (Å²) in [5.41, 5.74) is 0. The van der Waals surface area contributed by atoms with Crippen LogP contribution in [0.1, 0.15) is 0 Å². The first-order valence-corrected chi connectivity index (χ1v) is 2.30. The molecule has 0 aliphatic heterocycles. The average Bonchev–Trinajstić information content (AvgIpc) is 0.722. The summed E-state index contributed by atoms with van der Waals surface area (Å²) in [6, 6.07) is 0. The Balaban J connectivity index is -0.0000000267. The van der Waals surface area contributed by atoms with Crippen LogP contribution in [0.4, 0.5) is 0 Å². The first kappa shape index (κ1) is 22.4. The van der Waals surface area contributed by atoms with E-state index in [0.29, 0.717) is 0 Å². The molecule has 0 radical (unpaired) electrons. The van der Waals surface area contributed by atoms with Gasteiger partial charge in [0.15, 0.2) is 0 Å². The molecule has 40 valence electrons. The minimum Gasteiger partial charge on any atom is -2.00 e. The Kier molecular flexibility index (Phi) is 26.2. The van der Waals surface area contributed by atoms with Crippen molar-refractivity contribution in [3.63, 3.8) is 0 Å². The third kappa shape index (κ3) is 82.5. The zero-order chi connectivity index (χ0) is 4.50. The molecule has 0 rings (SSSR count). The minimum atomic E-state index is -4.89.